The standard InChI is InChI=1S/C20H21F2N3O3S/c1-23-12-19(26)25(16-6-4-5-15(21)11-16)14-20(23)9-10-24(13-20)29(27,28)18-8-3-2-7-17(18)22/h2-8,11H,9-10,12-14H2,1H3/t20-/m0/s1. The van der Waals surface area contributed by atoms with Crippen LogP contribution in [0, 0.1) is 11.6 Å². The lowest BCUT2D eigenvalue weighted by Gasteiger charge is -2.46. The maximum atomic E-state index is 14.1. The molecule has 0 N–H and O–H groups in total. The highest BCUT2D eigenvalue weighted by Crippen LogP contribution is 2.36. The zero-order valence-electron chi connectivity index (χ0n) is 15.9. The molecule has 9 heteroatoms. The molecule has 1 amide bonds. The molecule has 154 valence electrons. The third-order valence-corrected chi connectivity index (χ3v) is 7.69. The SMILES string of the molecule is CN1CC(=O)N(c2cccc(F)c2)C[C@@]12CCN(S(=O)(=O)c1ccccc1F)C2. The van der Waals surface area contributed by atoms with Crippen LogP contribution in [0.1, 0.15) is 6.42 Å². The molecular formula is C20H21F2N3O3S. The average molecular weight is 421 g/mol. The smallest absolute Gasteiger partial charge is 0.246 e. The predicted octanol–water partition coefficient (Wildman–Crippen LogP) is 2.08. The van der Waals surface area contributed by atoms with E-state index in [4.69, 9.17) is 0 Å². The van der Waals surface area contributed by atoms with Gasteiger partial charge in [-0.05, 0) is 43.8 Å². The molecule has 2 aromatic rings. The fourth-order valence-corrected chi connectivity index (χ4v) is 5.68. The highest BCUT2D eigenvalue weighted by Gasteiger charge is 2.50. The molecule has 2 aromatic carbocycles. The monoisotopic (exact) mass is 421 g/mol. The molecule has 4 rings (SSSR count). The van der Waals surface area contributed by atoms with Crippen LogP contribution in [0.3, 0.4) is 0 Å². The second-order valence-electron chi connectivity index (χ2n) is 7.56. The molecule has 0 radical (unpaired) electrons. The fraction of sp³-hybridized carbons (Fsp3) is 0.350. The van der Waals surface area contributed by atoms with Crippen LogP contribution in [0.4, 0.5) is 14.5 Å². The van der Waals surface area contributed by atoms with Crippen LogP contribution >= 0.6 is 0 Å². The summed E-state index contributed by atoms with van der Waals surface area (Å²) in [5.41, 5.74) is -0.184. The summed E-state index contributed by atoms with van der Waals surface area (Å²) < 4.78 is 55.0. The summed E-state index contributed by atoms with van der Waals surface area (Å²) >= 11 is 0. The highest BCUT2D eigenvalue weighted by molar-refractivity contribution is 7.89. The summed E-state index contributed by atoms with van der Waals surface area (Å²) in [7, 11) is -2.22. The minimum Gasteiger partial charge on any atom is -0.309 e. The first-order valence-electron chi connectivity index (χ1n) is 9.25. The lowest BCUT2D eigenvalue weighted by Crippen LogP contribution is -2.64. The van der Waals surface area contributed by atoms with Crippen LogP contribution in [-0.4, -0.2) is 62.3 Å². The Hall–Kier alpha value is -2.36. The van der Waals surface area contributed by atoms with E-state index in [1.165, 1.54) is 45.6 Å². The Kier molecular flexibility index (Phi) is 4.92. The molecule has 29 heavy (non-hydrogen) atoms. The summed E-state index contributed by atoms with van der Waals surface area (Å²) in [6.45, 7) is 0.657. The molecular weight excluding hydrogens is 400 g/mol. The molecule has 6 nitrogen and oxygen atoms in total. The van der Waals surface area contributed by atoms with Gasteiger partial charge in [-0.15, -0.1) is 0 Å². The second kappa shape index (κ2) is 7.16. The van der Waals surface area contributed by atoms with E-state index in [1.807, 2.05) is 4.90 Å². The lowest BCUT2D eigenvalue weighted by molar-refractivity contribution is -0.123. The Morgan fingerprint density at radius 2 is 1.79 bits per heavy atom. The normalized spacial score (nSPS) is 23.8. The van der Waals surface area contributed by atoms with Crippen molar-refractivity contribution in [2.45, 2.75) is 16.9 Å². The Balaban J connectivity index is 1.63. The van der Waals surface area contributed by atoms with Gasteiger partial charge in [0.05, 0.1) is 12.1 Å². The number of anilines is 1. The third-order valence-electron chi connectivity index (χ3n) is 5.81. The Morgan fingerprint density at radius 3 is 2.52 bits per heavy atom. The van der Waals surface area contributed by atoms with E-state index in [9.17, 15) is 22.0 Å². The molecule has 2 heterocycles. The summed E-state index contributed by atoms with van der Waals surface area (Å²) in [5, 5.41) is 0. The molecule has 0 saturated carbocycles. The summed E-state index contributed by atoms with van der Waals surface area (Å²) in [5.74, 6) is -1.42. The van der Waals surface area contributed by atoms with Crippen molar-refractivity contribution in [3.05, 3.63) is 60.2 Å². The van der Waals surface area contributed by atoms with Crippen LogP contribution in [0.15, 0.2) is 53.4 Å². The molecule has 2 saturated heterocycles. The van der Waals surface area contributed by atoms with Crippen LogP contribution in [0.2, 0.25) is 0 Å². The molecule has 0 bridgehead atoms. The maximum Gasteiger partial charge on any atom is 0.246 e. The van der Waals surface area contributed by atoms with Crippen molar-refractivity contribution in [3.8, 4) is 0 Å². The highest BCUT2D eigenvalue weighted by atomic mass is 32.2. The van der Waals surface area contributed by atoms with Gasteiger partial charge >= 0.3 is 0 Å². The van der Waals surface area contributed by atoms with Crippen LogP contribution < -0.4 is 4.90 Å². The minimum absolute atomic E-state index is 0.0874. The summed E-state index contributed by atoms with van der Waals surface area (Å²) in [6.07, 6.45) is 0.482. The molecule has 2 fully saturated rings. The van der Waals surface area contributed by atoms with Crippen molar-refractivity contribution < 1.29 is 22.0 Å². The quantitative estimate of drug-likeness (QED) is 0.762. The summed E-state index contributed by atoms with van der Waals surface area (Å²) in [4.78, 5) is 15.6. The fourth-order valence-electron chi connectivity index (χ4n) is 4.10. The van der Waals surface area contributed by atoms with Gasteiger partial charge in [-0.25, -0.2) is 17.2 Å². The van der Waals surface area contributed by atoms with Crippen molar-refractivity contribution in [1.82, 2.24) is 9.21 Å². The average Bonchev–Trinajstić information content (AvgIpc) is 3.11. The van der Waals surface area contributed by atoms with Crippen molar-refractivity contribution in [2.24, 2.45) is 0 Å². The van der Waals surface area contributed by atoms with Gasteiger partial charge in [0.25, 0.3) is 0 Å². The van der Waals surface area contributed by atoms with Crippen molar-refractivity contribution in [2.75, 3.05) is 38.1 Å². The van der Waals surface area contributed by atoms with Crippen molar-refractivity contribution in [1.29, 1.82) is 0 Å². The lowest BCUT2D eigenvalue weighted by atomic mass is 9.92. The van der Waals surface area contributed by atoms with E-state index < -0.39 is 27.2 Å². The first-order valence-corrected chi connectivity index (χ1v) is 10.7. The topological polar surface area (TPSA) is 60.9 Å². The van der Waals surface area contributed by atoms with Gasteiger partial charge in [0, 0.05) is 25.3 Å². The summed E-state index contributed by atoms with van der Waals surface area (Å²) in [6, 6.07) is 11.1. The number of hydrogen-bond acceptors (Lipinski definition) is 4. The maximum absolute atomic E-state index is 14.1. The minimum atomic E-state index is -4.00. The van der Waals surface area contributed by atoms with Gasteiger partial charge in [-0.1, -0.05) is 18.2 Å². The first-order chi connectivity index (χ1) is 13.7. The Labute approximate surface area is 168 Å². The van der Waals surface area contributed by atoms with E-state index in [2.05, 4.69) is 0 Å². The zero-order chi connectivity index (χ0) is 20.8. The molecule has 2 aliphatic rings. The zero-order valence-corrected chi connectivity index (χ0v) is 16.7. The molecule has 1 atom stereocenters. The van der Waals surface area contributed by atoms with Crippen molar-refractivity contribution >= 4 is 21.6 Å². The number of nitrogens with zero attached hydrogens (tertiary/aromatic N) is 3. The number of amides is 1. The number of carbonyl (C=O) groups excluding carboxylic acids is 1. The van der Waals surface area contributed by atoms with E-state index in [-0.39, 0.29) is 37.0 Å². The number of likely N-dealkylation sites (N-methyl/N-ethyl adjacent to an activating group) is 1. The van der Waals surface area contributed by atoms with E-state index in [1.54, 1.807) is 13.1 Å². The molecule has 0 aromatic heterocycles. The van der Waals surface area contributed by atoms with E-state index in [0.29, 0.717) is 12.1 Å². The number of halogens is 2. The molecule has 1 spiro atoms. The largest absolute Gasteiger partial charge is 0.309 e. The third kappa shape index (κ3) is 3.43. The number of carbonyl (C=O) groups is 1. The number of piperazine rings is 1. The van der Waals surface area contributed by atoms with Crippen LogP contribution in [-0.2, 0) is 14.8 Å². The predicted molar refractivity (Wildman–Crippen MR) is 104 cm³/mol. The van der Waals surface area contributed by atoms with Gasteiger partial charge in [-0.2, -0.15) is 4.31 Å². The Bertz CT molecular complexity index is 1060. The van der Waals surface area contributed by atoms with Crippen LogP contribution in [0.25, 0.3) is 0 Å². The number of rotatable bonds is 3. The Morgan fingerprint density at radius 1 is 1.03 bits per heavy atom. The van der Waals surface area contributed by atoms with Crippen LogP contribution in [0.5, 0.6) is 0 Å². The van der Waals surface area contributed by atoms with Gasteiger partial charge in [0.1, 0.15) is 16.5 Å². The van der Waals surface area contributed by atoms with Gasteiger partial charge in [0.2, 0.25) is 15.9 Å². The van der Waals surface area contributed by atoms with Crippen molar-refractivity contribution in [3.63, 3.8) is 0 Å². The molecule has 2 aliphatic heterocycles. The second-order valence-corrected chi connectivity index (χ2v) is 9.47. The number of sulfonamides is 1. The molecule has 0 unspecified atom stereocenters. The van der Waals surface area contributed by atoms with Gasteiger partial charge in [0.15, 0.2) is 0 Å². The van der Waals surface area contributed by atoms with E-state index >= 15 is 0 Å². The number of benzene rings is 2. The first kappa shape index (κ1) is 19.9. The van der Waals surface area contributed by atoms with Gasteiger partial charge < -0.3 is 4.90 Å². The number of hydrogen-bond donors (Lipinski definition) is 0. The molecule has 0 aliphatic carbocycles. The van der Waals surface area contributed by atoms with Gasteiger partial charge in [-0.3, -0.25) is 9.69 Å². The van der Waals surface area contributed by atoms with E-state index in [0.717, 1.165) is 6.07 Å².